The Morgan fingerprint density at radius 2 is 1.65 bits per heavy atom. The van der Waals surface area contributed by atoms with E-state index >= 15 is 0 Å². The molecule has 0 bridgehead atoms. The van der Waals surface area contributed by atoms with Crippen LogP contribution in [-0.4, -0.2) is 81.3 Å². The molecule has 1 aliphatic carbocycles. The Morgan fingerprint density at radius 3 is 2.35 bits per heavy atom. The fraction of sp³-hybridized carbons (Fsp3) is 0.708. The largest absolute Gasteiger partial charge is 0.464 e. The lowest BCUT2D eigenvalue weighted by Crippen LogP contribution is -2.36. The SMILES string of the molecule is Cc1c(CN2CCOCC2)oc2c1/C(=N/OCC#CCN1CCOCC1)CC(C)(C)C2. The number of hydrogen-bond donors (Lipinski definition) is 0. The smallest absolute Gasteiger partial charge is 0.177 e. The Morgan fingerprint density at radius 1 is 0.968 bits per heavy atom. The molecule has 1 aromatic rings. The molecular weight excluding hydrogens is 394 g/mol. The van der Waals surface area contributed by atoms with Crippen LogP contribution >= 0.6 is 0 Å². The van der Waals surface area contributed by atoms with Crippen molar-refractivity contribution in [3.05, 3.63) is 22.6 Å². The Kier molecular flexibility index (Phi) is 7.34. The molecule has 0 N–H and O–H groups in total. The van der Waals surface area contributed by atoms with Crippen LogP contribution in [0.2, 0.25) is 0 Å². The second kappa shape index (κ2) is 10.2. The maximum atomic E-state index is 6.35. The summed E-state index contributed by atoms with van der Waals surface area (Å²) >= 11 is 0. The Labute approximate surface area is 185 Å². The number of furan rings is 1. The van der Waals surface area contributed by atoms with Crippen LogP contribution in [0.4, 0.5) is 0 Å². The van der Waals surface area contributed by atoms with Gasteiger partial charge in [0.1, 0.15) is 11.5 Å². The number of oxime groups is 1. The fourth-order valence-electron chi connectivity index (χ4n) is 4.48. The van der Waals surface area contributed by atoms with Gasteiger partial charge in [0, 0.05) is 43.7 Å². The third-order valence-corrected chi connectivity index (χ3v) is 6.21. The monoisotopic (exact) mass is 429 g/mol. The summed E-state index contributed by atoms with van der Waals surface area (Å²) in [6.45, 7) is 15.5. The minimum absolute atomic E-state index is 0.0950. The zero-order valence-corrected chi connectivity index (χ0v) is 19.2. The average Bonchev–Trinajstić information content (AvgIpc) is 3.05. The normalized spacial score (nSPS) is 23.3. The molecule has 7 nitrogen and oxygen atoms in total. The van der Waals surface area contributed by atoms with E-state index in [4.69, 9.17) is 18.7 Å². The van der Waals surface area contributed by atoms with Gasteiger partial charge in [-0.15, -0.1) is 0 Å². The van der Waals surface area contributed by atoms with Crippen LogP contribution in [-0.2, 0) is 27.3 Å². The van der Waals surface area contributed by atoms with Crippen LogP contribution < -0.4 is 0 Å². The molecular formula is C24H35N3O4. The van der Waals surface area contributed by atoms with Gasteiger partial charge in [-0.2, -0.15) is 0 Å². The van der Waals surface area contributed by atoms with Crippen LogP contribution in [0, 0.1) is 24.2 Å². The maximum Gasteiger partial charge on any atom is 0.177 e. The standard InChI is InChI=1S/C24H35N3O4/c1-19-22(18-27-9-14-29-15-10-27)31-21-17-24(2,3)16-20(23(19)21)25-30-11-5-4-6-26-7-12-28-13-8-26/h6-18H2,1-3H3/b25-20+. The Bertz CT molecular complexity index is 837. The lowest BCUT2D eigenvalue weighted by molar-refractivity contribution is 0.0310. The number of hydrogen-bond acceptors (Lipinski definition) is 7. The molecule has 31 heavy (non-hydrogen) atoms. The minimum Gasteiger partial charge on any atom is -0.464 e. The number of nitrogens with zero attached hydrogens (tertiary/aromatic N) is 3. The molecule has 0 saturated carbocycles. The molecule has 0 amide bonds. The van der Waals surface area contributed by atoms with Crippen molar-refractivity contribution in [3.63, 3.8) is 0 Å². The molecule has 1 aromatic heterocycles. The van der Waals surface area contributed by atoms with Gasteiger partial charge in [-0.05, 0) is 18.8 Å². The van der Waals surface area contributed by atoms with Gasteiger partial charge in [0.2, 0.25) is 0 Å². The van der Waals surface area contributed by atoms with E-state index in [-0.39, 0.29) is 5.41 Å². The zero-order valence-electron chi connectivity index (χ0n) is 19.2. The lowest BCUT2D eigenvalue weighted by Gasteiger charge is -2.29. The van der Waals surface area contributed by atoms with Crippen molar-refractivity contribution in [2.75, 3.05) is 65.8 Å². The van der Waals surface area contributed by atoms with E-state index in [1.165, 1.54) is 5.56 Å². The first-order valence-corrected chi connectivity index (χ1v) is 11.4. The Balaban J connectivity index is 1.41. The molecule has 0 spiro atoms. The van der Waals surface area contributed by atoms with Gasteiger partial charge in [0.05, 0.1) is 45.2 Å². The molecule has 3 heterocycles. The van der Waals surface area contributed by atoms with Crippen molar-refractivity contribution in [1.29, 1.82) is 0 Å². The highest BCUT2D eigenvalue weighted by atomic mass is 16.6. The van der Waals surface area contributed by atoms with Crippen molar-refractivity contribution < 1.29 is 18.7 Å². The molecule has 3 aliphatic rings. The quantitative estimate of drug-likeness (QED) is 0.407. The second-order valence-corrected chi connectivity index (χ2v) is 9.41. The maximum absolute atomic E-state index is 6.35. The van der Waals surface area contributed by atoms with Gasteiger partial charge in [0.15, 0.2) is 6.61 Å². The molecule has 0 atom stereocenters. The third kappa shape index (κ3) is 5.89. The summed E-state index contributed by atoms with van der Waals surface area (Å²) in [4.78, 5) is 10.3. The summed E-state index contributed by atoms with van der Waals surface area (Å²) in [6.07, 6.45) is 1.79. The van der Waals surface area contributed by atoms with E-state index in [9.17, 15) is 0 Å². The van der Waals surface area contributed by atoms with Crippen LogP contribution in [0.15, 0.2) is 9.57 Å². The van der Waals surface area contributed by atoms with E-state index in [0.717, 1.165) is 101 Å². The number of ether oxygens (including phenoxy) is 2. The number of rotatable bonds is 5. The first-order chi connectivity index (χ1) is 15.0. The molecule has 2 saturated heterocycles. The van der Waals surface area contributed by atoms with Gasteiger partial charge in [-0.3, -0.25) is 9.80 Å². The molecule has 0 unspecified atom stereocenters. The first kappa shape index (κ1) is 22.3. The highest BCUT2D eigenvalue weighted by molar-refractivity contribution is 6.03. The van der Waals surface area contributed by atoms with Gasteiger partial charge in [0.25, 0.3) is 0 Å². The lowest BCUT2D eigenvalue weighted by atomic mass is 9.75. The first-order valence-electron chi connectivity index (χ1n) is 11.4. The Hall–Kier alpha value is -1.85. The van der Waals surface area contributed by atoms with Crippen molar-refractivity contribution in [2.45, 2.75) is 40.2 Å². The van der Waals surface area contributed by atoms with Gasteiger partial charge >= 0.3 is 0 Å². The van der Waals surface area contributed by atoms with Crippen LogP contribution in [0.5, 0.6) is 0 Å². The van der Waals surface area contributed by atoms with E-state index in [0.29, 0.717) is 6.61 Å². The van der Waals surface area contributed by atoms with Crippen molar-refractivity contribution >= 4 is 5.71 Å². The molecule has 0 aromatic carbocycles. The summed E-state index contributed by atoms with van der Waals surface area (Å²) in [5.41, 5.74) is 3.41. The predicted octanol–water partition coefficient (Wildman–Crippen LogP) is 2.45. The highest BCUT2D eigenvalue weighted by Crippen LogP contribution is 2.39. The summed E-state index contributed by atoms with van der Waals surface area (Å²) in [5, 5.41) is 4.51. The van der Waals surface area contributed by atoms with Crippen LogP contribution in [0.1, 0.15) is 42.9 Å². The number of fused-ring (bicyclic) bond motifs is 1. The van der Waals surface area contributed by atoms with Crippen molar-refractivity contribution in [2.24, 2.45) is 10.6 Å². The second-order valence-electron chi connectivity index (χ2n) is 9.41. The summed E-state index contributed by atoms with van der Waals surface area (Å²) in [7, 11) is 0. The van der Waals surface area contributed by atoms with Crippen molar-refractivity contribution in [1.82, 2.24) is 9.80 Å². The molecule has 4 rings (SSSR count). The van der Waals surface area contributed by atoms with Gasteiger partial charge < -0.3 is 18.7 Å². The van der Waals surface area contributed by atoms with E-state index in [1.54, 1.807) is 0 Å². The zero-order chi connectivity index (χ0) is 21.7. The molecule has 2 aliphatic heterocycles. The van der Waals surface area contributed by atoms with Crippen molar-refractivity contribution in [3.8, 4) is 11.8 Å². The summed E-state index contributed by atoms with van der Waals surface area (Å²) in [6, 6.07) is 0. The molecule has 2 fully saturated rings. The van der Waals surface area contributed by atoms with Gasteiger partial charge in [-0.1, -0.05) is 30.8 Å². The molecule has 0 radical (unpaired) electrons. The number of morpholine rings is 2. The van der Waals surface area contributed by atoms with Gasteiger partial charge in [-0.25, -0.2) is 0 Å². The summed E-state index contributed by atoms with van der Waals surface area (Å²) < 4.78 is 17.2. The fourth-order valence-corrected chi connectivity index (χ4v) is 4.48. The van der Waals surface area contributed by atoms with Crippen LogP contribution in [0.3, 0.4) is 0 Å². The van der Waals surface area contributed by atoms with Crippen LogP contribution in [0.25, 0.3) is 0 Å². The van der Waals surface area contributed by atoms with E-state index in [2.05, 4.69) is 47.6 Å². The minimum atomic E-state index is 0.0950. The predicted molar refractivity (Wildman–Crippen MR) is 119 cm³/mol. The highest BCUT2D eigenvalue weighted by Gasteiger charge is 2.35. The van der Waals surface area contributed by atoms with E-state index in [1.807, 2.05) is 0 Å². The summed E-state index contributed by atoms with van der Waals surface area (Å²) in [5.74, 6) is 8.35. The molecule has 170 valence electrons. The molecule has 7 heteroatoms. The topological polar surface area (TPSA) is 59.7 Å². The average molecular weight is 430 g/mol. The van der Waals surface area contributed by atoms with E-state index < -0.39 is 0 Å². The third-order valence-electron chi connectivity index (χ3n) is 6.21.